The molecule has 20 heavy (non-hydrogen) atoms. The highest BCUT2D eigenvalue weighted by atomic mass is 16.4. The van der Waals surface area contributed by atoms with E-state index in [1.165, 1.54) is 6.92 Å². The Balaban J connectivity index is 2.81. The average Bonchev–Trinajstić information content (AvgIpc) is 2.42. The molecule has 0 saturated heterocycles. The van der Waals surface area contributed by atoms with Crippen molar-refractivity contribution < 1.29 is 14.7 Å². The molecule has 1 N–H and O–H groups in total. The number of rotatable bonds is 9. The van der Waals surface area contributed by atoms with E-state index >= 15 is 0 Å². The Morgan fingerprint density at radius 3 is 2.55 bits per heavy atom. The third-order valence-electron chi connectivity index (χ3n) is 3.24. The SMILES string of the molecule is CCCCCN(CCC(=O)O)c1cccc(C(C)=O)c1. The smallest absolute Gasteiger partial charge is 0.305 e. The van der Waals surface area contributed by atoms with Gasteiger partial charge in [0.1, 0.15) is 0 Å². The molecule has 0 unspecified atom stereocenters. The van der Waals surface area contributed by atoms with Crippen LogP contribution >= 0.6 is 0 Å². The normalized spacial score (nSPS) is 10.3. The first-order chi connectivity index (χ1) is 9.54. The van der Waals surface area contributed by atoms with Crippen LogP contribution in [0, 0.1) is 0 Å². The molecule has 4 heteroatoms. The van der Waals surface area contributed by atoms with Crippen LogP contribution in [0.4, 0.5) is 5.69 Å². The zero-order chi connectivity index (χ0) is 15.0. The number of Topliss-reactive ketones (excluding diaryl/α,β-unsaturated/α-hetero) is 1. The highest BCUT2D eigenvalue weighted by Gasteiger charge is 2.10. The molecule has 0 atom stereocenters. The maximum Gasteiger partial charge on any atom is 0.305 e. The third-order valence-corrected chi connectivity index (χ3v) is 3.24. The molecule has 0 aromatic heterocycles. The molecule has 0 aliphatic carbocycles. The summed E-state index contributed by atoms with van der Waals surface area (Å²) in [6, 6.07) is 7.41. The minimum Gasteiger partial charge on any atom is -0.481 e. The molecule has 1 aromatic carbocycles. The van der Waals surface area contributed by atoms with E-state index in [9.17, 15) is 9.59 Å². The molecule has 0 heterocycles. The summed E-state index contributed by atoms with van der Waals surface area (Å²) in [6.45, 7) is 4.97. The van der Waals surface area contributed by atoms with Crippen molar-refractivity contribution >= 4 is 17.4 Å². The highest BCUT2D eigenvalue weighted by Crippen LogP contribution is 2.18. The van der Waals surface area contributed by atoms with Gasteiger partial charge in [0.05, 0.1) is 6.42 Å². The van der Waals surface area contributed by atoms with Crippen molar-refractivity contribution in [2.75, 3.05) is 18.0 Å². The predicted octanol–water partition coefficient (Wildman–Crippen LogP) is 3.36. The lowest BCUT2D eigenvalue weighted by Crippen LogP contribution is -2.27. The molecule has 0 fully saturated rings. The molecule has 0 radical (unpaired) electrons. The Morgan fingerprint density at radius 2 is 1.95 bits per heavy atom. The monoisotopic (exact) mass is 277 g/mol. The van der Waals surface area contributed by atoms with Crippen LogP contribution in [0.25, 0.3) is 0 Å². The van der Waals surface area contributed by atoms with Gasteiger partial charge in [0.2, 0.25) is 0 Å². The number of carbonyl (C=O) groups is 2. The van der Waals surface area contributed by atoms with E-state index < -0.39 is 5.97 Å². The molecule has 0 aliphatic rings. The topological polar surface area (TPSA) is 57.6 Å². The Hall–Kier alpha value is -1.84. The molecule has 0 spiro atoms. The van der Waals surface area contributed by atoms with E-state index in [2.05, 4.69) is 11.8 Å². The van der Waals surface area contributed by atoms with Crippen LogP contribution in [-0.4, -0.2) is 29.9 Å². The van der Waals surface area contributed by atoms with Gasteiger partial charge in [0, 0.05) is 24.3 Å². The second-order valence-corrected chi connectivity index (χ2v) is 4.94. The Kier molecular flexibility index (Phi) is 6.77. The van der Waals surface area contributed by atoms with Crippen molar-refractivity contribution in [3.63, 3.8) is 0 Å². The van der Waals surface area contributed by atoms with Gasteiger partial charge in [-0.15, -0.1) is 0 Å². The number of nitrogens with zero attached hydrogens (tertiary/aromatic N) is 1. The van der Waals surface area contributed by atoms with Crippen LogP contribution < -0.4 is 4.90 Å². The number of carbonyl (C=O) groups excluding carboxylic acids is 1. The number of carboxylic acid groups (broad SMARTS) is 1. The number of unbranched alkanes of at least 4 members (excludes halogenated alkanes) is 2. The largest absolute Gasteiger partial charge is 0.481 e. The molecule has 0 bridgehead atoms. The number of benzene rings is 1. The van der Waals surface area contributed by atoms with Gasteiger partial charge >= 0.3 is 5.97 Å². The van der Waals surface area contributed by atoms with E-state index in [1.54, 1.807) is 6.07 Å². The van der Waals surface area contributed by atoms with Gasteiger partial charge in [-0.3, -0.25) is 9.59 Å². The number of ketones is 1. The van der Waals surface area contributed by atoms with Crippen LogP contribution in [0.15, 0.2) is 24.3 Å². The van der Waals surface area contributed by atoms with Gasteiger partial charge in [0.25, 0.3) is 0 Å². The van der Waals surface area contributed by atoms with Crippen molar-refractivity contribution in [3.8, 4) is 0 Å². The quantitative estimate of drug-likeness (QED) is 0.555. The van der Waals surface area contributed by atoms with Crippen molar-refractivity contribution in [1.82, 2.24) is 0 Å². The second-order valence-electron chi connectivity index (χ2n) is 4.94. The minimum atomic E-state index is -0.798. The standard InChI is InChI=1S/C16H23NO3/c1-3-4-5-10-17(11-9-16(19)20)15-8-6-7-14(12-15)13(2)18/h6-8,12H,3-5,9-11H2,1-2H3,(H,19,20). The van der Waals surface area contributed by atoms with Gasteiger partial charge in [-0.2, -0.15) is 0 Å². The summed E-state index contributed by atoms with van der Waals surface area (Å²) in [7, 11) is 0. The van der Waals surface area contributed by atoms with E-state index in [1.807, 2.05) is 18.2 Å². The van der Waals surface area contributed by atoms with Gasteiger partial charge in [-0.1, -0.05) is 31.9 Å². The first-order valence-corrected chi connectivity index (χ1v) is 7.12. The summed E-state index contributed by atoms with van der Waals surface area (Å²) in [4.78, 5) is 24.2. The van der Waals surface area contributed by atoms with Crippen molar-refractivity contribution in [2.24, 2.45) is 0 Å². The summed E-state index contributed by atoms with van der Waals surface area (Å²) < 4.78 is 0. The van der Waals surface area contributed by atoms with Crippen LogP contribution in [0.2, 0.25) is 0 Å². The number of anilines is 1. The zero-order valence-electron chi connectivity index (χ0n) is 12.3. The number of hydrogen-bond donors (Lipinski definition) is 1. The average molecular weight is 277 g/mol. The van der Waals surface area contributed by atoms with E-state index in [4.69, 9.17) is 5.11 Å². The summed E-state index contributed by atoms with van der Waals surface area (Å²) in [6.07, 6.45) is 3.38. The fourth-order valence-electron chi connectivity index (χ4n) is 2.07. The summed E-state index contributed by atoms with van der Waals surface area (Å²) in [5.41, 5.74) is 1.59. The minimum absolute atomic E-state index is 0.0265. The fraction of sp³-hybridized carbons (Fsp3) is 0.500. The Morgan fingerprint density at radius 1 is 1.20 bits per heavy atom. The zero-order valence-corrected chi connectivity index (χ0v) is 12.3. The lowest BCUT2D eigenvalue weighted by Gasteiger charge is -2.24. The van der Waals surface area contributed by atoms with Crippen molar-refractivity contribution in [2.45, 2.75) is 39.5 Å². The summed E-state index contributed by atoms with van der Waals surface area (Å²) in [5, 5.41) is 8.84. The van der Waals surface area contributed by atoms with E-state index in [-0.39, 0.29) is 12.2 Å². The van der Waals surface area contributed by atoms with Crippen LogP contribution in [-0.2, 0) is 4.79 Å². The van der Waals surface area contributed by atoms with Gasteiger partial charge in [-0.25, -0.2) is 0 Å². The lowest BCUT2D eigenvalue weighted by molar-refractivity contribution is -0.136. The van der Waals surface area contributed by atoms with Gasteiger partial charge < -0.3 is 10.0 Å². The van der Waals surface area contributed by atoms with Gasteiger partial charge in [-0.05, 0) is 25.5 Å². The molecular weight excluding hydrogens is 254 g/mol. The maximum atomic E-state index is 11.4. The summed E-state index contributed by atoms with van der Waals surface area (Å²) >= 11 is 0. The molecule has 0 amide bonds. The van der Waals surface area contributed by atoms with Crippen molar-refractivity contribution in [3.05, 3.63) is 29.8 Å². The van der Waals surface area contributed by atoms with E-state index in [0.717, 1.165) is 31.5 Å². The molecule has 0 saturated carbocycles. The molecular formula is C16H23NO3. The Bertz CT molecular complexity index is 457. The third kappa shape index (κ3) is 5.43. The molecule has 1 rings (SSSR count). The number of aliphatic carboxylic acids is 1. The first-order valence-electron chi connectivity index (χ1n) is 7.12. The molecule has 0 aliphatic heterocycles. The lowest BCUT2D eigenvalue weighted by atomic mass is 10.1. The highest BCUT2D eigenvalue weighted by molar-refractivity contribution is 5.95. The summed E-state index contributed by atoms with van der Waals surface area (Å²) in [5.74, 6) is -0.771. The van der Waals surface area contributed by atoms with Crippen LogP contribution in [0.1, 0.15) is 49.9 Å². The predicted molar refractivity (Wildman–Crippen MR) is 80.4 cm³/mol. The van der Waals surface area contributed by atoms with Crippen molar-refractivity contribution in [1.29, 1.82) is 0 Å². The maximum absolute atomic E-state index is 11.4. The Labute approximate surface area is 120 Å². The fourth-order valence-corrected chi connectivity index (χ4v) is 2.07. The first kappa shape index (κ1) is 16.2. The number of carboxylic acids is 1. The number of hydrogen-bond acceptors (Lipinski definition) is 3. The van der Waals surface area contributed by atoms with E-state index in [0.29, 0.717) is 12.1 Å². The van der Waals surface area contributed by atoms with Gasteiger partial charge in [0.15, 0.2) is 5.78 Å². The second kappa shape index (κ2) is 8.35. The van der Waals surface area contributed by atoms with Crippen LogP contribution in [0.5, 0.6) is 0 Å². The van der Waals surface area contributed by atoms with Crippen LogP contribution in [0.3, 0.4) is 0 Å². The molecule has 1 aromatic rings. The molecule has 110 valence electrons. The molecule has 4 nitrogen and oxygen atoms in total.